The molecule has 0 aliphatic rings. The van der Waals surface area contributed by atoms with E-state index in [1.54, 1.807) is 23.5 Å². The minimum absolute atomic E-state index is 0.188. The number of benzene rings is 1. The van der Waals surface area contributed by atoms with Gasteiger partial charge in [0, 0.05) is 17.5 Å². The van der Waals surface area contributed by atoms with Crippen molar-refractivity contribution in [2.75, 3.05) is 0 Å². The molecule has 0 fully saturated rings. The minimum Gasteiger partial charge on any atom is -0.305 e. The van der Waals surface area contributed by atoms with Crippen LogP contribution >= 0.6 is 11.3 Å². The molecule has 0 bridgehead atoms. The summed E-state index contributed by atoms with van der Waals surface area (Å²) < 4.78 is 13.0. The molecule has 0 spiro atoms. The van der Waals surface area contributed by atoms with Gasteiger partial charge >= 0.3 is 0 Å². The van der Waals surface area contributed by atoms with Crippen molar-refractivity contribution >= 4 is 11.3 Å². The van der Waals surface area contributed by atoms with Gasteiger partial charge in [-0.1, -0.05) is 12.1 Å². The van der Waals surface area contributed by atoms with Crippen molar-refractivity contribution in [1.29, 1.82) is 0 Å². The van der Waals surface area contributed by atoms with Gasteiger partial charge in [-0.25, -0.2) is 9.37 Å². The number of aryl methyl sites for hydroxylation is 2. The molecule has 0 aliphatic carbocycles. The fourth-order valence-corrected chi connectivity index (χ4v) is 2.91. The Morgan fingerprint density at radius 2 is 2.17 bits per heavy atom. The normalized spacial score (nSPS) is 12.7. The zero-order valence-corrected chi connectivity index (χ0v) is 11.6. The van der Waals surface area contributed by atoms with Crippen LogP contribution in [0.15, 0.2) is 24.3 Å². The molecule has 1 unspecified atom stereocenters. The summed E-state index contributed by atoms with van der Waals surface area (Å²) in [6.45, 7) is 6.81. The fraction of sp³-hybridized carbons (Fsp3) is 0.357. The van der Waals surface area contributed by atoms with Crippen molar-refractivity contribution in [2.45, 2.75) is 33.4 Å². The van der Waals surface area contributed by atoms with E-state index in [1.807, 2.05) is 19.9 Å². The van der Waals surface area contributed by atoms with Crippen LogP contribution in [0, 0.1) is 19.7 Å². The van der Waals surface area contributed by atoms with Gasteiger partial charge in [-0.05, 0) is 38.5 Å². The highest BCUT2D eigenvalue weighted by Gasteiger charge is 2.12. The number of hydrogen-bond acceptors (Lipinski definition) is 3. The number of hydrogen-bond donors (Lipinski definition) is 1. The van der Waals surface area contributed by atoms with E-state index >= 15 is 0 Å². The predicted octanol–water partition coefficient (Wildman–Crippen LogP) is 3.75. The number of nitrogens with one attached hydrogen (secondary N) is 1. The quantitative estimate of drug-likeness (QED) is 0.909. The van der Waals surface area contributed by atoms with Crippen molar-refractivity contribution in [1.82, 2.24) is 10.3 Å². The molecular weight excluding hydrogens is 247 g/mol. The van der Waals surface area contributed by atoms with Crippen LogP contribution < -0.4 is 5.32 Å². The summed E-state index contributed by atoms with van der Waals surface area (Å²) in [6, 6.07) is 6.92. The number of halogens is 1. The molecule has 0 amide bonds. The first-order chi connectivity index (χ1) is 8.56. The fourth-order valence-electron chi connectivity index (χ4n) is 1.96. The molecule has 4 heteroatoms. The van der Waals surface area contributed by atoms with Gasteiger partial charge in [0.05, 0.1) is 10.7 Å². The van der Waals surface area contributed by atoms with Crippen LogP contribution in [-0.2, 0) is 6.54 Å². The molecule has 1 aromatic carbocycles. The molecule has 2 nitrogen and oxygen atoms in total. The lowest BCUT2D eigenvalue weighted by molar-refractivity contribution is 0.573. The number of thiazole rings is 1. The van der Waals surface area contributed by atoms with Crippen LogP contribution in [0.4, 0.5) is 4.39 Å². The topological polar surface area (TPSA) is 24.9 Å². The maximum atomic E-state index is 13.0. The van der Waals surface area contributed by atoms with Gasteiger partial charge in [0.25, 0.3) is 0 Å². The van der Waals surface area contributed by atoms with Gasteiger partial charge < -0.3 is 5.32 Å². The average molecular weight is 264 g/mol. The largest absolute Gasteiger partial charge is 0.305 e. The van der Waals surface area contributed by atoms with E-state index < -0.39 is 0 Å². The predicted molar refractivity (Wildman–Crippen MR) is 73.2 cm³/mol. The Labute approximate surface area is 111 Å². The minimum atomic E-state index is -0.188. The standard InChI is InChI=1S/C14H17FN2S/c1-9(14-10(2)17-11(3)18-14)16-8-12-5-4-6-13(15)7-12/h4-7,9,16H,8H2,1-3H3. The molecule has 0 aliphatic heterocycles. The lowest BCUT2D eigenvalue weighted by Crippen LogP contribution is -2.17. The number of rotatable bonds is 4. The zero-order chi connectivity index (χ0) is 13.1. The van der Waals surface area contributed by atoms with E-state index in [0.717, 1.165) is 16.3 Å². The van der Waals surface area contributed by atoms with Crippen molar-refractivity contribution < 1.29 is 4.39 Å². The Kier molecular flexibility index (Phi) is 4.09. The van der Waals surface area contributed by atoms with E-state index in [4.69, 9.17) is 0 Å². The van der Waals surface area contributed by atoms with Crippen LogP contribution in [0.2, 0.25) is 0 Å². The summed E-state index contributed by atoms with van der Waals surface area (Å²) in [4.78, 5) is 5.67. The van der Waals surface area contributed by atoms with E-state index in [0.29, 0.717) is 6.54 Å². The molecule has 0 saturated heterocycles. The van der Waals surface area contributed by atoms with Crippen molar-refractivity contribution in [3.8, 4) is 0 Å². The van der Waals surface area contributed by atoms with Crippen molar-refractivity contribution in [3.05, 3.63) is 51.2 Å². The highest BCUT2D eigenvalue weighted by atomic mass is 32.1. The molecule has 1 aromatic heterocycles. The molecule has 1 atom stereocenters. The summed E-state index contributed by atoms with van der Waals surface area (Å²) in [6.07, 6.45) is 0. The third-order valence-electron chi connectivity index (χ3n) is 2.83. The lowest BCUT2D eigenvalue weighted by atomic mass is 10.2. The molecule has 1 heterocycles. The van der Waals surface area contributed by atoms with Crippen LogP contribution in [0.3, 0.4) is 0 Å². The van der Waals surface area contributed by atoms with Crippen LogP contribution in [0.25, 0.3) is 0 Å². The summed E-state index contributed by atoms with van der Waals surface area (Å²) >= 11 is 1.71. The SMILES string of the molecule is Cc1nc(C)c(C(C)NCc2cccc(F)c2)s1. The van der Waals surface area contributed by atoms with E-state index in [9.17, 15) is 4.39 Å². The maximum Gasteiger partial charge on any atom is 0.123 e. The van der Waals surface area contributed by atoms with Gasteiger partial charge in [0.15, 0.2) is 0 Å². The Hall–Kier alpha value is -1.26. The third-order valence-corrected chi connectivity index (χ3v) is 4.09. The van der Waals surface area contributed by atoms with E-state index in [1.165, 1.54) is 10.9 Å². The Morgan fingerprint density at radius 3 is 2.78 bits per heavy atom. The molecule has 96 valence electrons. The van der Waals surface area contributed by atoms with E-state index in [-0.39, 0.29) is 11.9 Å². The molecular formula is C14H17FN2S. The Bertz CT molecular complexity index is 536. The molecule has 0 radical (unpaired) electrons. The first kappa shape index (κ1) is 13.2. The molecule has 1 N–H and O–H groups in total. The van der Waals surface area contributed by atoms with Crippen molar-refractivity contribution in [2.24, 2.45) is 0 Å². The second-order valence-corrected chi connectivity index (χ2v) is 5.65. The zero-order valence-electron chi connectivity index (χ0n) is 10.8. The molecule has 18 heavy (non-hydrogen) atoms. The highest BCUT2D eigenvalue weighted by Crippen LogP contribution is 2.24. The summed E-state index contributed by atoms with van der Waals surface area (Å²) in [5, 5.41) is 4.49. The Morgan fingerprint density at radius 1 is 1.39 bits per heavy atom. The highest BCUT2D eigenvalue weighted by molar-refractivity contribution is 7.11. The van der Waals surface area contributed by atoms with Crippen LogP contribution in [-0.4, -0.2) is 4.98 Å². The van der Waals surface area contributed by atoms with Gasteiger partial charge in [-0.2, -0.15) is 0 Å². The number of nitrogens with zero attached hydrogens (tertiary/aromatic N) is 1. The maximum absolute atomic E-state index is 13.0. The van der Waals surface area contributed by atoms with Crippen molar-refractivity contribution in [3.63, 3.8) is 0 Å². The molecule has 0 saturated carbocycles. The summed E-state index contributed by atoms with van der Waals surface area (Å²) in [5.74, 6) is -0.188. The lowest BCUT2D eigenvalue weighted by Gasteiger charge is -2.12. The van der Waals surface area contributed by atoms with Gasteiger partial charge in [-0.15, -0.1) is 11.3 Å². The molecule has 2 aromatic rings. The second-order valence-electron chi connectivity index (χ2n) is 4.42. The van der Waals surface area contributed by atoms with Gasteiger partial charge in [0.1, 0.15) is 5.82 Å². The Balaban J connectivity index is 2.00. The first-order valence-corrected chi connectivity index (χ1v) is 6.79. The van der Waals surface area contributed by atoms with Gasteiger partial charge in [0.2, 0.25) is 0 Å². The third kappa shape index (κ3) is 3.15. The summed E-state index contributed by atoms with van der Waals surface area (Å²) in [5.41, 5.74) is 2.04. The van der Waals surface area contributed by atoms with Gasteiger partial charge in [-0.3, -0.25) is 0 Å². The molecule has 2 rings (SSSR count). The average Bonchev–Trinajstić information content (AvgIpc) is 2.66. The smallest absolute Gasteiger partial charge is 0.123 e. The monoisotopic (exact) mass is 264 g/mol. The summed E-state index contributed by atoms with van der Waals surface area (Å²) in [7, 11) is 0. The van der Waals surface area contributed by atoms with Crippen LogP contribution in [0.5, 0.6) is 0 Å². The number of aromatic nitrogens is 1. The van der Waals surface area contributed by atoms with Crippen LogP contribution in [0.1, 0.15) is 34.1 Å². The second kappa shape index (κ2) is 5.59. The van der Waals surface area contributed by atoms with E-state index in [2.05, 4.69) is 17.2 Å². The first-order valence-electron chi connectivity index (χ1n) is 5.98.